The van der Waals surface area contributed by atoms with E-state index in [1.165, 1.54) is 36.4 Å². The number of benzene rings is 4. The highest BCUT2D eigenvalue weighted by Gasteiger charge is 2.37. The topological polar surface area (TPSA) is 9.23 Å². The van der Waals surface area contributed by atoms with Crippen molar-refractivity contribution in [3.8, 4) is 28.0 Å². The average molecular weight is 550 g/mol. The first-order chi connectivity index (χ1) is 18.4. The van der Waals surface area contributed by atoms with Gasteiger partial charge in [0.15, 0.2) is 40.7 Å². The van der Waals surface area contributed by atoms with Gasteiger partial charge in [-0.3, -0.25) is 0 Å². The lowest BCUT2D eigenvalue weighted by atomic mass is 9.98. The van der Waals surface area contributed by atoms with Crippen molar-refractivity contribution < 1.29 is 44.3 Å². The Kier molecular flexibility index (Phi) is 7.58. The lowest BCUT2D eigenvalue weighted by Crippen LogP contribution is -2.23. The molecular weight excluding hydrogens is 535 g/mol. The van der Waals surface area contributed by atoms with E-state index in [1.54, 1.807) is 0 Å². The molecule has 0 atom stereocenters. The summed E-state index contributed by atoms with van der Waals surface area (Å²) in [5, 5.41) is 0. The van der Waals surface area contributed by atoms with Crippen molar-refractivity contribution in [1.82, 2.24) is 0 Å². The van der Waals surface area contributed by atoms with Crippen LogP contribution in [0.2, 0.25) is 0 Å². The monoisotopic (exact) mass is 550 g/mol. The molecule has 0 fully saturated rings. The van der Waals surface area contributed by atoms with Crippen LogP contribution >= 0.6 is 0 Å². The van der Waals surface area contributed by atoms with Gasteiger partial charge in [0.2, 0.25) is 0 Å². The van der Waals surface area contributed by atoms with Gasteiger partial charge in [-0.15, -0.1) is 0 Å². The molecule has 10 heteroatoms. The highest BCUT2D eigenvalue weighted by Crippen LogP contribution is 2.36. The summed E-state index contributed by atoms with van der Waals surface area (Å²) in [6.45, 7) is 3.15. The van der Waals surface area contributed by atoms with E-state index in [0.717, 1.165) is 24.3 Å². The van der Waals surface area contributed by atoms with Crippen molar-refractivity contribution >= 4 is 5.83 Å². The van der Waals surface area contributed by atoms with Crippen LogP contribution in [0.1, 0.15) is 11.1 Å². The summed E-state index contributed by atoms with van der Waals surface area (Å²) in [5.41, 5.74) is -0.768. The zero-order valence-corrected chi connectivity index (χ0v) is 19.5. The van der Waals surface area contributed by atoms with Gasteiger partial charge >= 0.3 is 6.11 Å². The summed E-state index contributed by atoms with van der Waals surface area (Å²) < 4.78 is 130. The van der Waals surface area contributed by atoms with E-state index in [2.05, 4.69) is 11.3 Å². The van der Waals surface area contributed by atoms with Crippen LogP contribution in [0.25, 0.3) is 28.1 Å². The molecule has 0 aliphatic carbocycles. The van der Waals surface area contributed by atoms with Crippen LogP contribution in [0.4, 0.5) is 39.5 Å². The van der Waals surface area contributed by atoms with Crippen molar-refractivity contribution in [2.45, 2.75) is 6.11 Å². The molecule has 0 N–H and O–H groups in total. The van der Waals surface area contributed by atoms with E-state index in [4.69, 9.17) is 0 Å². The Labute approximate surface area is 216 Å². The number of hydrogen-bond acceptors (Lipinski definition) is 1. The summed E-state index contributed by atoms with van der Waals surface area (Å²) in [7, 11) is 0. The molecular formula is C29H15F9O. The van der Waals surface area contributed by atoms with Gasteiger partial charge in [-0.25, -0.2) is 30.7 Å². The second kappa shape index (κ2) is 10.7. The van der Waals surface area contributed by atoms with Crippen LogP contribution < -0.4 is 4.74 Å². The summed E-state index contributed by atoms with van der Waals surface area (Å²) in [6.07, 6.45) is -3.71. The average Bonchev–Trinajstić information content (AvgIpc) is 2.91. The molecule has 1 nitrogen and oxygen atoms in total. The van der Waals surface area contributed by atoms with Crippen LogP contribution in [-0.4, -0.2) is 0 Å². The van der Waals surface area contributed by atoms with Crippen LogP contribution in [0, 0.1) is 29.1 Å². The fraction of sp³-hybridized carbons (Fsp3) is 0.0345. The Bertz CT molecular complexity index is 1570. The largest absolute Gasteiger partial charge is 0.427 e. The predicted octanol–water partition coefficient (Wildman–Crippen LogP) is 9.64. The third-order valence-corrected chi connectivity index (χ3v) is 5.63. The number of ether oxygens (including phenoxy) is 1. The van der Waals surface area contributed by atoms with E-state index in [1.807, 2.05) is 0 Å². The van der Waals surface area contributed by atoms with Crippen LogP contribution in [0.5, 0.6) is 5.75 Å². The van der Waals surface area contributed by atoms with E-state index < -0.39 is 58.2 Å². The first-order valence-corrected chi connectivity index (χ1v) is 11.0. The minimum absolute atomic E-state index is 0.0158. The molecule has 4 aromatic rings. The zero-order chi connectivity index (χ0) is 28.5. The molecule has 200 valence electrons. The van der Waals surface area contributed by atoms with Gasteiger partial charge in [-0.1, -0.05) is 49.0 Å². The van der Waals surface area contributed by atoms with Gasteiger partial charge in [0.1, 0.15) is 5.82 Å². The van der Waals surface area contributed by atoms with Gasteiger partial charge in [0.05, 0.1) is 5.56 Å². The van der Waals surface area contributed by atoms with Gasteiger partial charge in [-0.2, -0.15) is 8.78 Å². The van der Waals surface area contributed by atoms with E-state index in [-0.39, 0.29) is 28.8 Å². The van der Waals surface area contributed by atoms with Crippen molar-refractivity contribution in [3.05, 3.63) is 131 Å². The number of alkyl halides is 2. The molecule has 0 aliphatic heterocycles. The van der Waals surface area contributed by atoms with E-state index >= 15 is 0 Å². The third kappa shape index (κ3) is 5.69. The molecule has 0 unspecified atom stereocenters. The molecule has 0 spiro atoms. The molecule has 0 saturated carbocycles. The van der Waals surface area contributed by atoms with Crippen LogP contribution in [-0.2, 0) is 6.11 Å². The van der Waals surface area contributed by atoms with Gasteiger partial charge < -0.3 is 4.74 Å². The Hall–Kier alpha value is -4.47. The minimum atomic E-state index is -4.43. The quantitative estimate of drug-likeness (QED) is 0.127. The maximum atomic E-state index is 14.9. The predicted molar refractivity (Wildman–Crippen MR) is 127 cm³/mol. The molecule has 4 rings (SSSR count). The smallest absolute Gasteiger partial charge is 0.426 e. The molecule has 39 heavy (non-hydrogen) atoms. The third-order valence-electron chi connectivity index (χ3n) is 5.63. The number of hydrogen-bond donors (Lipinski definition) is 0. The molecule has 0 radical (unpaired) electrons. The Morgan fingerprint density at radius 2 is 1.23 bits per heavy atom. The second-order valence-electron chi connectivity index (χ2n) is 8.16. The molecule has 0 aliphatic rings. The molecule has 0 aromatic heterocycles. The Morgan fingerprint density at radius 3 is 1.79 bits per heavy atom. The molecule has 0 heterocycles. The number of halogens is 9. The summed E-state index contributed by atoms with van der Waals surface area (Å²) >= 11 is 0. The van der Waals surface area contributed by atoms with Crippen molar-refractivity contribution in [1.29, 1.82) is 0 Å². The van der Waals surface area contributed by atoms with Gasteiger partial charge in [-0.05, 0) is 53.1 Å². The lowest BCUT2D eigenvalue weighted by Gasteiger charge is -2.19. The first-order valence-electron chi connectivity index (χ1n) is 11.0. The normalized spacial score (nSPS) is 12.2. The van der Waals surface area contributed by atoms with Crippen LogP contribution in [0.15, 0.2) is 91.3 Å². The highest BCUT2D eigenvalue weighted by molar-refractivity contribution is 5.73. The summed E-state index contributed by atoms with van der Waals surface area (Å²) in [4.78, 5) is 0. The number of allylic oxidation sites excluding steroid dienone is 2. The molecule has 0 amide bonds. The summed E-state index contributed by atoms with van der Waals surface area (Å²) in [6, 6.07) is 11.9. The molecule has 0 saturated heterocycles. The minimum Gasteiger partial charge on any atom is -0.426 e. The zero-order valence-electron chi connectivity index (χ0n) is 19.5. The first kappa shape index (κ1) is 27.6. The SMILES string of the molecule is C=CC(F)=C(F)c1ccc(-c2ccc(-c3ccc(OC(F)(F)c4cc(F)c(F)c(F)c4)c(F)c3)c(F)c2)cc1. The van der Waals surface area contributed by atoms with Crippen molar-refractivity contribution in [2.24, 2.45) is 0 Å². The fourth-order valence-electron chi connectivity index (χ4n) is 3.64. The standard InChI is InChI=1S/C29H15F9O/c1-2-21(30)27(35)16-5-3-15(4-6-16)17-7-9-20(22(31)11-17)18-8-10-26(23(32)12-18)39-29(37,38)19-13-24(33)28(36)25(34)14-19/h2-14H,1H2. The van der Waals surface area contributed by atoms with Gasteiger partial charge in [0, 0.05) is 11.1 Å². The van der Waals surface area contributed by atoms with E-state index in [0.29, 0.717) is 17.2 Å². The molecule has 4 aromatic carbocycles. The molecule has 0 bridgehead atoms. The lowest BCUT2D eigenvalue weighted by molar-refractivity contribution is -0.187. The maximum Gasteiger partial charge on any atom is 0.427 e. The number of rotatable bonds is 7. The highest BCUT2D eigenvalue weighted by atomic mass is 19.3. The van der Waals surface area contributed by atoms with Gasteiger partial charge in [0.25, 0.3) is 0 Å². The second-order valence-corrected chi connectivity index (χ2v) is 8.16. The Balaban J connectivity index is 1.57. The fourth-order valence-corrected chi connectivity index (χ4v) is 3.64. The maximum absolute atomic E-state index is 14.9. The van der Waals surface area contributed by atoms with E-state index in [9.17, 15) is 39.5 Å². The van der Waals surface area contributed by atoms with Crippen LogP contribution in [0.3, 0.4) is 0 Å². The van der Waals surface area contributed by atoms with Crippen molar-refractivity contribution in [2.75, 3.05) is 0 Å². The van der Waals surface area contributed by atoms with Crippen molar-refractivity contribution in [3.63, 3.8) is 0 Å². The Morgan fingerprint density at radius 1 is 0.667 bits per heavy atom. The summed E-state index contributed by atoms with van der Waals surface area (Å²) in [5.74, 6) is -11.1.